The van der Waals surface area contributed by atoms with Gasteiger partial charge < -0.3 is 14.2 Å². The van der Waals surface area contributed by atoms with Crippen molar-refractivity contribution in [2.75, 3.05) is 0 Å². The number of ether oxygens (including phenoxy) is 3. The molecule has 2 rings (SSSR count). The lowest BCUT2D eigenvalue weighted by Gasteiger charge is -2.21. The van der Waals surface area contributed by atoms with E-state index in [1.807, 2.05) is 63.3 Å². The third kappa shape index (κ3) is 4.41. The van der Waals surface area contributed by atoms with E-state index in [2.05, 4.69) is 0 Å². The second-order valence-corrected chi connectivity index (χ2v) is 5.65. The Morgan fingerprint density at radius 1 is 1.29 bits per heavy atom. The van der Waals surface area contributed by atoms with Gasteiger partial charge in [0, 0.05) is 6.92 Å². The number of hydrogen-bond acceptors (Lipinski definition) is 4. The number of rotatable bonds is 4. The highest BCUT2D eigenvalue weighted by atomic mass is 16.8. The summed E-state index contributed by atoms with van der Waals surface area (Å²) in [5.74, 6) is -1.01. The average molecular weight is 290 g/mol. The summed E-state index contributed by atoms with van der Waals surface area (Å²) in [6, 6.07) is 9.97. The molecule has 1 aliphatic heterocycles. The highest BCUT2D eigenvalue weighted by Gasteiger charge is 2.43. The van der Waals surface area contributed by atoms with Crippen LogP contribution < -0.4 is 0 Å². The van der Waals surface area contributed by atoms with E-state index in [-0.39, 0.29) is 24.3 Å². The molecule has 1 fully saturated rings. The molecule has 0 spiro atoms. The summed E-state index contributed by atoms with van der Waals surface area (Å²) in [5, 5.41) is 0. The van der Waals surface area contributed by atoms with Crippen molar-refractivity contribution in [3.63, 3.8) is 0 Å². The normalized spacial score (nSPS) is 25.9. The van der Waals surface area contributed by atoms with Gasteiger partial charge in [0.05, 0.1) is 0 Å². The molecular weight excluding hydrogens is 268 g/mol. The van der Waals surface area contributed by atoms with E-state index in [1.165, 1.54) is 6.92 Å². The molecule has 1 aromatic rings. The van der Waals surface area contributed by atoms with Crippen LogP contribution in [0.3, 0.4) is 0 Å². The minimum atomic E-state index is -0.690. The fourth-order valence-corrected chi connectivity index (χ4v) is 2.43. The minimum Gasteiger partial charge on any atom is -0.460 e. The molecule has 114 valence electrons. The van der Waals surface area contributed by atoms with Gasteiger partial charge in [-0.2, -0.15) is 0 Å². The topological polar surface area (TPSA) is 44.8 Å². The Kier molecular flexibility index (Phi) is 4.80. The van der Waals surface area contributed by atoms with Gasteiger partial charge in [-0.1, -0.05) is 42.5 Å². The Hall–Kier alpha value is -1.65. The number of benzene rings is 1. The molecule has 1 saturated heterocycles. The van der Waals surface area contributed by atoms with Gasteiger partial charge in [-0.3, -0.25) is 4.79 Å². The van der Waals surface area contributed by atoms with Crippen molar-refractivity contribution < 1.29 is 19.0 Å². The molecule has 4 heteroatoms. The molecule has 0 saturated carbocycles. The molecule has 3 atom stereocenters. The van der Waals surface area contributed by atoms with Crippen LogP contribution in [0.25, 0.3) is 6.08 Å². The van der Waals surface area contributed by atoms with Crippen LogP contribution in [-0.2, 0) is 19.0 Å². The molecule has 4 nitrogen and oxygen atoms in total. The first-order valence-electron chi connectivity index (χ1n) is 7.13. The second-order valence-electron chi connectivity index (χ2n) is 5.65. The van der Waals surface area contributed by atoms with Crippen LogP contribution in [0.1, 0.15) is 33.3 Å². The Bertz CT molecular complexity index is 507. The maximum absolute atomic E-state index is 11.1. The molecule has 0 radical (unpaired) electrons. The van der Waals surface area contributed by atoms with E-state index in [9.17, 15) is 4.79 Å². The maximum Gasteiger partial charge on any atom is 0.302 e. The monoisotopic (exact) mass is 290 g/mol. The SMILES string of the molecule is CC(=O)O[C@H](C)[C@@H]1OC(C)(C)O[C@H]1/C=C/c1ccccc1. The number of esters is 1. The first kappa shape index (κ1) is 15.7. The lowest BCUT2D eigenvalue weighted by atomic mass is 10.1. The molecule has 0 aromatic heterocycles. The summed E-state index contributed by atoms with van der Waals surface area (Å²) in [4.78, 5) is 11.1. The molecule has 0 unspecified atom stereocenters. The van der Waals surface area contributed by atoms with Gasteiger partial charge in [0.15, 0.2) is 5.79 Å². The fraction of sp³-hybridized carbons (Fsp3) is 0.471. The Morgan fingerprint density at radius 3 is 2.57 bits per heavy atom. The Morgan fingerprint density at radius 2 is 1.95 bits per heavy atom. The number of carbonyl (C=O) groups excluding carboxylic acids is 1. The van der Waals surface area contributed by atoms with E-state index < -0.39 is 5.79 Å². The summed E-state index contributed by atoms with van der Waals surface area (Å²) in [6.07, 6.45) is 3.01. The number of hydrogen-bond donors (Lipinski definition) is 0. The van der Waals surface area contributed by atoms with Crippen molar-refractivity contribution in [2.24, 2.45) is 0 Å². The van der Waals surface area contributed by atoms with Crippen LogP contribution in [0.15, 0.2) is 36.4 Å². The van der Waals surface area contributed by atoms with Gasteiger partial charge in [0.1, 0.15) is 18.3 Å². The van der Waals surface area contributed by atoms with Crippen LogP contribution in [0.4, 0.5) is 0 Å². The van der Waals surface area contributed by atoms with Crippen LogP contribution >= 0.6 is 0 Å². The summed E-state index contributed by atoms with van der Waals surface area (Å²) < 4.78 is 17.0. The molecule has 1 aromatic carbocycles. The lowest BCUT2D eigenvalue weighted by Crippen LogP contribution is -2.35. The zero-order valence-corrected chi connectivity index (χ0v) is 12.9. The van der Waals surface area contributed by atoms with Gasteiger partial charge in [-0.15, -0.1) is 0 Å². The maximum atomic E-state index is 11.1. The van der Waals surface area contributed by atoms with Gasteiger partial charge in [0.2, 0.25) is 0 Å². The fourth-order valence-electron chi connectivity index (χ4n) is 2.43. The quantitative estimate of drug-likeness (QED) is 0.799. The van der Waals surface area contributed by atoms with Crippen LogP contribution in [0, 0.1) is 0 Å². The first-order valence-corrected chi connectivity index (χ1v) is 7.13. The molecule has 0 N–H and O–H groups in total. The van der Waals surface area contributed by atoms with Crippen LogP contribution in [0.2, 0.25) is 0 Å². The third-order valence-corrected chi connectivity index (χ3v) is 3.26. The molecule has 21 heavy (non-hydrogen) atoms. The van der Waals surface area contributed by atoms with Gasteiger partial charge in [-0.25, -0.2) is 0 Å². The molecule has 0 amide bonds. The van der Waals surface area contributed by atoms with Crippen LogP contribution in [0.5, 0.6) is 0 Å². The van der Waals surface area contributed by atoms with Gasteiger partial charge in [0.25, 0.3) is 0 Å². The van der Waals surface area contributed by atoms with Crippen molar-refractivity contribution in [2.45, 2.75) is 51.8 Å². The molecule has 1 heterocycles. The van der Waals surface area contributed by atoms with Crippen molar-refractivity contribution in [1.82, 2.24) is 0 Å². The van der Waals surface area contributed by atoms with Crippen molar-refractivity contribution >= 4 is 12.0 Å². The standard InChI is InChI=1S/C17H22O4/c1-12(19-13(2)18)16-15(20-17(3,4)21-16)11-10-14-8-6-5-7-9-14/h5-12,15-16H,1-4H3/b11-10+/t12-,15+,16+/m1/s1. The highest BCUT2D eigenvalue weighted by Crippen LogP contribution is 2.32. The first-order chi connectivity index (χ1) is 9.87. The highest BCUT2D eigenvalue weighted by molar-refractivity contribution is 5.66. The van der Waals surface area contributed by atoms with Gasteiger partial charge >= 0.3 is 5.97 Å². The minimum absolute atomic E-state index is 0.255. The van der Waals surface area contributed by atoms with E-state index in [4.69, 9.17) is 14.2 Å². The lowest BCUT2D eigenvalue weighted by molar-refractivity contribution is -0.167. The smallest absolute Gasteiger partial charge is 0.302 e. The Balaban J connectivity index is 2.11. The van der Waals surface area contributed by atoms with E-state index in [0.29, 0.717) is 0 Å². The Labute approximate surface area is 125 Å². The molecule has 0 bridgehead atoms. The summed E-state index contributed by atoms with van der Waals surface area (Å²) in [6.45, 7) is 6.93. The van der Waals surface area contributed by atoms with Crippen molar-refractivity contribution in [3.8, 4) is 0 Å². The molecule has 1 aliphatic rings. The van der Waals surface area contributed by atoms with Gasteiger partial charge in [-0.05, 0) is 26.3 Å². The predicted octanol–water partition coefficient (Wildman–Crippen LogP) is 3.17. The third-order valence-electron chi connectivity index (χ3n) is 3.26. The summed E-state index contributed by atoms with van der Waals surface area (Å²) in [5.41, 5.74) is 1.09. The second kappa shape index (κ2) is 6.41. The molecule has 0 aliphatic carbocycles. The molecular formula is C17H22O4. The summed E-state index contributed by atoms with van der Waals surface area (Å²) in [7, 11) is 0. The van der Waals surface area contributed by atoms with E-state index in [1.54, 1.807) is 0 Å². The van der Waals surface area contributed by atoms with Crippen LogP contribution in [-0.4, -0.2) is 30.1 Å². The zero-order chi connectivity index (χ0) is 15.5. The van der Waals surface area contributed by atoms with Crippen molar-refractivity contribution in [3.05, 3.63) is 42.0 Å². The predicted molar refractivity (Wildman–Crippen MR) is 80.5 cm³/mol. The average Bonchev–Trinajstić information content (AvgIpc) is 2.72. The van der Waals surface area contributed by atoms with Crippen molar-refractivity contribution in [1.29, 1.82) is 0 Å². The summed E-state index contributed by atoms with van der Waals surface area (Å²) >= 11 is 0. The largest absolute Gasteiger partial charge is 0.460 e. The van der Waals surface area contributed by atoms with E-state index in [0.717, 1.165) is 5.56 Å². The number of carbonyl (C=O) groups is 1. The zero-order valence-electron chi connectivity index (χ0n) is 12.9. The van der Waals surface area contributed by atoms with E-state index >= 15 is 0 Å².